The van der Waals surface area contributed by atoms with Gasteiger partial charge in [0.15, 0.2) is 18.2 Å². The zero-order valence-corrected chi connectivity index (χ0v) is 18.0. The number of carbonyl (C=O) groups is 1. The summed E-state index contributed by atoms with van der Waals surface area (Å²) in [5, 5.41) is 10.9. The summed E-state index contributed by atoms with van der Waals surface area (Å²) in [6.07, 6.45) is -1.61. The first-order valence-corrected chi connectivity index (χ1v) is 10.2. The lowest BCUT2D eigenvalue weighted by Crippen LogP contribution is -2.15. The molecule has 0 unspecified atom stereocenters. The van der Waals surface area contributed by atoms with Crippen LogP contribution < -0.4 is 10.1 Å². The summed E-state index contributed by atoms with van der Waals surface area (Å²) < 4.78 is 60.2. The molecule has 0 spiro atoms. The van der Waals surface area contributed by atoms with Crippen molar-refractivity contribution in [3.05, 3.63) is 94.7 Å². The topological polar surface area (TPSA) is 74.0 Å². The largest absolute Gasteiger partial charge is 0.471 e. The van der Waals surface area contributed by atoms with E-state index in [9.17, 15) is 22.4 Å². The maximum atomic E-state index is 13.8. The van der Waals surface area contributed by atoms with Gasteiger partial charge in [-0.2, -0.15) is 23.4 Å². The van der Waals surface area contributed by atoms with E-state index in [2.05, 4.69) is 15.5 Å². The van der Waals surface area contributed by atoms with E-state index < -0.39 is 23.5 Å². The molecule has 0 atom stereocenters. The molecular formula is C22H16ClF4N5O2. The number of hydrogen-bond acceptors (Lipinski definition) is 4. The fourth-order valence-electron chi connectivity index (χ4n) is 2.99. The first kappa shape index (κ1) is 23.3. The number of aromatic nitrogens is 4. The number of hydrogen-bond donors (Lipinski definition) is 1. The van der Waals surface area contributed by atoms with E-state index >= 15 is 0 Å². The number of amides is 1. The molecule has 2 heterocycles. The molecule has 12 heteroatoms. The fourth-order valence-corrected chi connectivity index (χ4v) is 3.19. The van der Waals surface area contributed by atoms with Crippen LogP contribution >= 0.6 is 11.6 Å². The molecule has 0 saturated heterocycles. The van der Waals surface area contributed by atoms with E-state index in [4.69, 9.17) is 16.3 Å². The van der Waals surface area contributed by atoms with E-state index in [-0.39, 0.29) is 35.6 Å². The van der Waals surface area contributed by atoms with Crippen LogP contribution in [0.15, 0.2) is 67.0 Å². The molecule has 0 aliphatic carbocycles. The number of nitrogens with zero attached hydrogens (tertiary/aromatic N) is 4. The Labute approximate surface area is 195 Å². The standard InChI is InChI=1S/C22H16ClF4N5O2/c23-17-12-32(11-14-4-1-2-7-18(14)24)30-20(17)28-21(33)19-8-9-31(29-19)13-34-16-6-3-5-15(10-16)22(25,26)27/h1-10,12H,11,13H2,(H,28,30,33). The third-order valence-electron chi connectivity index (χ3n) is 4.64. The van der Waals surface area contributed by atoms with E-state index in [1.54, 1.807) is 18.2 Å². The van der Waals surface area contributed by atoms with E-state index in [0.717, 1.165) is 12.1 Å². The minimum atomic E-state index is -4.49. The summed E-state index contributed by atoms with van der Waals surface area (Å²) in [5.41, 5.74) is -0.428. The second kappa shape index (κ2) is 9.56. The maximum absolute atomic E-state index is 13.8. The van der Waals surface area contributed by atoms with Crippen molar-refractivity contribution >= 4 is 23.3 Å². The average Bonchev–Trinajstić information content (AvgIpc) is 3.40. The molecule has 7 nitrogen and oxygen atoms in total. The smallest absolute Gasteiger partial charge is 0.416 e. The van der Waals surface area contributed by atoms with Crippen LogP contribution in [0.5, 0.6) is 5.75 Å². The predicted molar refractivity (Wildman–Crippen MR) is 115 cm³/mol. The van der Waals surface area contributed by atoms with E-state index in [1.807, 2.05) is 0 Å². The van der Waals surface area contributed by atoms with Crippen molar-refractivity contribution in [3.8, 4) is 5.75 Å². The van der Waals surface area contributed by atoms with Gasteiger partial charge in [-0.3, -0.25) is 9.48 Å². The van der Waals surface area contributed by atoms with Crippen molar-refractivity contribution < 1.29 is 27.1 Å². The third-order valence-corrected chi connectivity index (χ3v) is 4.91. The van der Waals surface area contributed by atoms with Gasteiger partial charge in [-0.25, -0.2) is 9.07 Å². The third kappa shape index (κ3) is 5.54. The van der Waals surface area contributed by atoms with Crippen LogP contribution in [-0.4, -0.2) is 25.5 Å². The molecule has 0 aliphatic rings. The van der Waals surface area contributed by atoms with E-state index in [0.29, 0.717) is 5.56 Å². The number of rotatable bonds is 7. The first-order chi connectivity index (χ1) is 16.2. The SMILES string of the molecule is O=C(Nc1nn(Cc2ccccc2F)cc1Cl)c1ccn(COc2cccc(C(F)(F)F)c2)n1. The summed E-state index contributed by atoms with van der Waals surface area (Å²) >= 11 is 6.13. The van der Waals surface area contributed by atoms with Gasteiger partial charge >= 0.3 is 6.18 Å². The van der Waals surface area contributed by atoms with Crippen LogP contribution in [0, 0.1) is 5.82 Å². The number of anilines is 1. The Bertz CT molecular complexity index is 1320. The molecule has 1 amide bonds. The van der Waals surface area contributed by atoms with Crippen LogP contribution in [-0.2, 0) is 19.5 Å². The zero-order valence-electron chi connectivity index (χ0n) is 17.3. The summed E-state index contributed by atoms with van der Waals surface area (Å²) in [6, 6.07) is 12.0. The number of alkyl halides is 3. The predicted octanol–water partition coefficient (Wildman–Crippen LogP) is 5.23. The second-order valence-corrected chi connectivity index (χ2v) is 7.52. The molecule has 0 aliphatic heterocycles. The summed E-state index contributed by atoms with van der Waals surface area (Å²) in [6.45, 7) is -0.101. The molecule has 1 N–H and O–H groups in total. The maximum Gasteiger partial charge on any atom is 0.416 e. The molecular weight excluding hydrogens is 478 g/mol. The average molecular weight is 494 g/mol. The Morgan fingerprint density at radius 3 is 2.62 bits per heavy atom. The monoisotopic (exact) mass is 493 g/mol. The number of carbonyl (C=O) groups excluding carboxylic acids is 1. The van der Waals surface area contributed by atoms with Crippen molar-refractivity contribution in [1.82, 2.24) is 19.6 Å². The minimum absolute atomic E-state index is 0.00324. The number of halogens is 5. The highest BCUT2D eigenvalue weighted by molar-refractivity contribution is 6.33. The van der Waals surface area contributed by atoms with Crippen molar-refractivity contribution in [3.63, 3.8) is 0 Å². The fraction of sp³-hybridized carbons (Fsp3) is 0.136. The summed E-state index contributed by atoms with van der Waals surface area (Å²) in [5.74, 6) is -0.935. The first-order valence-electron chi connectivity index (χ1n) is 9.80. The Balaban J connectivity index is 1.37. The Kier molecular flexibility index (Phi) is 6.55. The lowest BCUT2D eigenvalue weighted by atomic mass is 10.2. The molecule has 2 aromatic carbocycles. The van der Waals surface area contributed by atoms with Crippen LogP contribution in [0.2, 0.25) is 5.02 Å². The highest BCUT2D eigenvalue weighted by Gasteiger charge is 2.30. The van der Waals surface area contributed by atoms with Gasteiger partial charge in [-0.15, -0.1) is 0 Å². The Morgan fingerprint density at radius 1 is 1.06 bits per heavy atom. The molecule has 2 aromatic heterocycles. The van der Waals surface area contributed by atoms with Gasteiger partial charge in [0, 0.05) is 18.0 Å². The number of ether oxygens (including phenoxy) is 1. The molecule has 4 aromatic rings. The minimum Gasteiger partial charge on any atom is -0.471 e. The zero-order chi connectivity index (χ0) is 24.3. The quantitative estimate of drug-likeness (QED) is 0.358. The molecule has 4 rings (SSSR count). The van der Waals surface area contributed by atoms with Gasteiger partial charge in [0.05, 0.1) is 12.1 Å². The highest BCUT2D eigenvalue weighted by atomic mass is 35.5. The summed E-state index contributed by atoms with van der Waals surface area (Å²) in [4.78, 5) is 12.5. The molecule has 0 saturated carbocycles. The van der Waals surface area contributed by atoms with E-state index in [1.165, 1.54) is 46.0 Å². The number of benzene rings is 2. The molecule has 0 radical (unpaired) electrons. The van der Waals surface area contributed by atoms with Gasteiger partial charge in [0.1, 0.15) is 16.6 Å². The van der Waals surface area contributed by atoms with Crippen LogP contribution in [0.1, 0.15) is 21.6 Å². The van der Waals surface area contributed by atoms with Crippen LogP contribution in [0.3, 0.4) is 0 Å². The van der Waals surface area contributed by atoms with Crippen molar-refractivity contribution in [2.45, 2.75) is 19.5 Å². The normalized spacial score (nSPS) is 11.4. The Morgan fingerprint density at radius 2 is 1.85 bits per heavy atom. The van der Waals surface area contributed by atoms with Crippen molar-refractivity contribution in [2.75, 3.05) is 5.32 Å². The second-order valence-electron chi connectivity index (χ2n) is 7.11. The summed E-state index contributed by atoms with van der Waals surface area (Å²) in [7, 11) is 0. The molecule has 176 valence electrons. The van der Waals surface area contributed by atoms with Gasteiger partial charge in [-0.1, -0.05) is 35.9 Å². The van der Waals surface area contributed by atoms with Gasteiger partial charge in [0.25, 0.3) is 5.91 Å². The molecule has 0 fully saturated rings. The van der Waals surface area contributed by atoms with Crippen LogP contribution in [0.25, 0.3) is 0 Å². The highest BCUT2D eigenvalue weighted by Crippen LogP contribution is 2.31. The lowest BCUT2D eigenvalue weighted by molar-refractivity contribution is -0.137. The van der Waals surface area contributed by atoms with Crippen LogP contribution in [0.4, 0.5) is 23.4 Å². The van der Waals surface area contributed by atoms with Gasteiger partial charge < -0.3 is 10.1 Å². The molecule has 34 heavy (non-hydrogen) atoms. The number of nitrogens with one attached hydrogen (secondary N) is 1. The van der Waals surface area contributed by atoms with Crippen molar-refractivity contribution in [1.29, 1.82) is 0 Å². The lowest BCUT2D eigenvalue weighted by Gasteiger charge is -2.10. The Hall–Kier alpha value is -3.86. The molecule has 0 bridgehead atoms. The van der Waals surface area contributed by atoms with Gasteiger partial charge in [-0.05, 0) is 30.3 Å². The van der Waals surface area contributed by atoms with Crippen molar-refractivity contribution in [2.24, 2.45) is 0 Å². The van der Waals surface area contributed by atoms with Gasteiger partial charge in [0.2, 0.25) is 0 Å².